The van der Waals surface area contributed by atoms with E-state index in [1.165, 1.54) is 0 Å². The summed E-state index contributed by atoms with van der Waals surface area (Å²) in [7, 11) is 0. The second-order valence-corrected chi connectivity index (χ2v) is 5.76. The van der Waals surface area contributed by atoms with Crippen LogP contribution in [-0.2, 0) is 4.79 Å². The fourth-order valence-corrected chi connectivity index (χ4v) is 2.31. The topological polar surface area (TPSA) is 49.7 Å². The molecule has 0 atom stereocenters. The van der Waals surface area contributed by atoms with E-state index in [-0.39, 0.29) is 0 Å². The average Bonchev–Trinajstić information content (AvgIpc) is 2.71. The van der Waals surface area contributed by atoms with Crippen LogP contribution in [0.2, 0.25) is 0 Å². The first-order valence-corrected chi connectivity index (χ1v) is 8.41. The van der Waals surface area contributed by atoms with E-state index >= 15 is 0 Å². The predicted octanol–water partition coefficient (Wildman–Crippen LogP) is 4.93. The van der Waals surface area contributed by atoms with Crippen molar-refractivity contribution < 1.29 is 9.90 Å². The smallest absolute Gasteiger partial charge is 0.328 e. The Bertz CT molecular complexity index is 1020. The molecule has 3 rings (SSSR count). The van der Waals surface area contributed by atoms with Crippen LogP contribution in [0, 0.1) is 11.8 Å². The Kier molecular flexibility index (Phi) is 5.96. The van der Waals surface area contributed by atoms with Gasteiger partial charge >= 0.3 is 5.97 Å². The minimum Gasteiger partial charge on any atom is -0.478 e. The zero-order valence-corrected chi connectivity index (χ0v) is 14.5. The standard InChI is InChI=1S/C24H17NO2/c26-24(27)17-14-21-12-15-23(16-13-21)25-18-22-10-8-20(9-11-22)7-6-19-4-2-1-3-5-19/h1-5,8-18H,(H,26,27)/b17-14+,25-18?. The largest absolute Gasteiger partial charge is 0.478 e. The molecule has 1 N–H and O–H groups in total. The molecule has 0 fully saturated rings. The van der Waals surface area contributed by atoms with Crippen molar-refractivity contribution in [1.29, 1.82) is 0 Å². The van der Waals surface area contributed by atoms with Gasteiger partial charge in [-0.15, -0.1) is 0 Å². The molecule has 0 heterocycles. The molecule has 3 heteroatoms. The Balaban J connectivity index is 1.64. The summed E-state index contributed by atoms with van der Waals surface area (Å²) in [5.74, 6) is 5.32. The van der Waals surface area contributed by atoms with Crippen molar-refractivity contribution in [2.24, 2.45) is 4.99 Å². The van der Waals surface area contributed by atoms with Gasteiger partial charge in [0.1, 0.15) is 0 Å². The third-order valence-corrected chi connectivity index (χ3v) is 3.71. The van der Waals surface area contributed by atoms with E-state index in [0.717, 1.165) is 34.0 Å². The summed E-state index contributed by atoms with van der Waals surface area (Å²) in [5, 5.41) is 8.63. The van der Waals surface area contributed by atoms with Crippen LogP contribution in [0.3, 0.4) is 0 Å². The third-order valence-electron chi connectivity index (χ3n) is 3.71. The van der Waals surface area contributed by atoms with E-state index < -0.39 is 5.97 Å². The first-order chi connectivity index (χ1) is 13.2. The van der Waals surface area contributed by atoms with Crippen LogP contribution in [-0.4, -0.2) is 17.3 Å². The minimum absolute atomic E-state index is 0.801. The number of benzene rings is 3. The molecule has 3 aromatic carbocycles. The maximum absolute atomic E-state index is 10.5. The molecule has 0 aliphatic carbocycles. The van der Waals surface area contributed by atoms with Crippen molar-refractivity contribution >= 4 is 23.9 Å². The molecule has 27 heavy (non-hydrogen) atoms. The molecule has 0 unspecified atom stereocenters. The maximum atomic E-state index is 10.5. The molecule has 0 saturated heterocycles. The van der Waals surface area contributed by atoms with Gasteiger partial charge in [0, 0.05) is 23.4 Å². The quantitative estimate of drug-likeness (QED) is 0.411. The fraction of sp³-hybridized carbons (Fsp3) is 0. The molecule has 0 spiro atoms. The highest BCUT2D eigenvalue weighted by Gasteiger charge is 1.93. The number of aliphatic carboxylic acids is 1. The molecule has 0 aliphatic rings. The van der Waals surface area contributed by atoms with Gasteiger partial charge in [-0.25, -0.2) is 4.79 Å². The van der Waals surface area contributed by atoms with Gasteiger partial charge in [0.25, 0.3) is 0 Å². The van der Waals surface area contributed by atoms with Crippen molar-refractivity contribution in [3.8, 4) is 11.8 Å². The Labute approximate surface area is 158 Å². The Hall–Kier alpha value is -3.90. The van der Waals surface area contributed by atoms with E-state index in [0.29, 0.717) is 0 Å². The molecule has 0 saturated carbocycles. The molecular formula is C24H17NO2. The number of carbonyl (C=O) groups is 1. The summed E-state index contributed by atoms with van der Waals surface area (Å²) in [6.45, 7) is 0. The summed E-state index contributed by atoms with van der Waals surface area (Å²) in [4.78, 5) is 15.0. The molecular weight excluding hydrogens is 334 g/mol. The molecule has 3 aromatic rings. The van der Waals surface area contributed by atoms with Gasteiger partial charge in [0.2, 0.25) is 0 Å². The number of hydrogen-bond donors (Lipinski definition) is 1. The normalized spacial score (nSPS) is 10.7. The second-order valence-electron chi connectivity index (χ2n) is 5.76. The highest BCUT2D eigenvalue weighted by Crippen LogP contribution is 2.14. The predicted molar refractivity (Wildman–Crippen MR) is 109 cm³/mol. The van der Waals surface area contributed by atoms with E-state index in [1.54, 1.807) is 12.3 Å². The number of carboxylic acids is 1. The van der Waals surface area contributed by atoms with E-state index in [1.807, 2.05) is 78.9 Å². The Morgan fingerprint density at radius 2 is 1.37 bits per heavy atom. The SMILES string of the molecule is O=C(O)/C=C/c1ccc(N=Cc2ccc(C#Cc3ccccc3)cc2)cc1. The highest BCUT2D eigenvalue weighted by molar-refractivity contribution is 5.85. The van der Waals surface area contributed by atoms with Crippen molar-refractivity contribution in [3.05, 3.63) is 107 Å². The summed E-state index contributed by atoms with van der Waals surface area (Å²) < 4.78 is 0. The average molecular weight is 351 g/mol. The van der Waals surface area contributed by atoms with Gasteiger partial charge < -0.3 is 5.11 Å². The Morgan fingerprint density at radius 1 is 0.778 bits per heavy atom. The summed E-state index contributed by atoms with van der Waals surface area (Å²) in [6.07, 6.45) is 4.45. The molecule has 0 amide bonds. The number of hydrogen-bond acceptors (Lipinski definition) is 2. The van der Waals surface area contributed by atoms with E-state index in [4.69, 9.17) is 5.11 Å². The number of rotatable bonds is 4. The van der Waals surface area contributed by atoms with Gasteiger partial charge in [0.15, 0.2) is 0 Å². The second kappa shape index (κ2) is 8.98. The maximum Gasteiger partial charge on any atom is 0.328 e. The highest BCUT2D eigenvalue weighted by atomic mass is 16.4. The number of carboxylic acid groups (broad SMARTS) is 1. The van der Waals surface area contributed by atoms with Crippen LogP contribution in [0.1, 0.15) is 22.3 Å². The van der Waals surface area contributed by atoms with Crippen LogP contribution in [0.5, 0.6) is 0 Å². The fourth-order valence-electron chi connectivity index (χ4n) is 2.31. The monoisotopic (exact) mass is 351 g/mol. The molecule has 0 aromatic heterocycles. The van der Waals surface area contributed by atoms with E-state index in [2.05, 4.69) is 16.8 Å². The lowest BCUT2D eigenvalue weighted by Gasteiger charge is -1.97. The summed E-state index contributed by atoms with van der Waals surface area (Å²) in [6, 6.07) is 25.1. The molecule has 0 aliphatic heterocycles. The number of aliphatic imine (C=N–C) groups is 1. The lowest BCUT2D eigenvalue weighted by Crippen LogP contribution is -1.85. The first kappa shape index (κ1) is 17.9. The summed E-state index contributed by atoms with van der Waals surface area (Å²) >= 11 is 0. The lowest BCUT2D eigenvalue weighted by atomic mass is 10.1. The third kappa shape index (κ3) is 5.84. The zero-order chi connectivity index (χ0) is 18.9. The molecule has 0 radical (unpaired) electrons. The Morgan fingerprint density at radius 3 is 2.00 bits per heavy atom. The zero-order valence-electron chi connectivity index (χ0n) is 14.5. The van der Waals surface area contributed by atoms with Crippen LogP contribution in [0.15, 0.2) is 89.9 Å². The van der Waals surface area contributed by atoms with Crippen LogP contribution in [0.4, 0.5) is 5.69 Å². The van der Waals surface area contributed by atoms with Crippen molar-refractivity contribution in [3.63, 3.8) is 0 Å². The van der Waals surface area contributed by atoms with Crippen molar-refractivity contribution in [2.75, 3.05) is 0 Å². The number of nitrogens with zero attached hydrogens (tertiary/aromatic N) is 1. The summed E-state index contributed by atoms with van der Waals surface area (Å²) in [5.41, 5.74) is 4.54. The molecule has 0 bridgehead atoms. The van der Waals surface area contributed by atoms with Gasteiger partial charge in [0.05, 0.1) is 5.69 Å². The van der Waals surface area contributed by atoms with Gasteiger partial charge in [-0.3, -0.25) is 4.99 Å². The molecule has 130 valence electrons. The van der Waals surface area contributed by atoms with Crippen LogP contribution < -0.4 is 0 Å². The van der Waals surface area contributed by atoms with Gasteiger partial charge in [-0.2, -0.15) is 0 Å². The van der Waals surface area contributed by atoms with Gasteiger partial charge in [-0.1, -0.05) is 54.3 Å². The lowest BCUT2D eigenvalue weighted by molar-refractivity contribution is -0.131. The van der Waals surface area contributed by atoms with Crippen molar-refractivity contribution in [1.82, 2.24) is 0 Å². The van der Waals surface area contributed by atoms with Crippen LogP contribution in [0.25, 0.3) is 6.08 Å². The molecule has 3 nitrogen and oxygen atoms in total. The van der Waals surface area contributed by atoms with E-state index in [9.17, 15) is 4.79 Å². The first-order valence-electron chi connectivity index (χ1n) is 8.41. The van der Waals surface area contributed by atoms with Crippen LogP contribution >= 0.6 is 0 Å². The van der Waals surface area contributed by atoms with Crippen molar-refractivity contribution in [2.45, 2.75) is 0 Å². The van der Waals surface area contributed by atoms with Gasteiger partial charge in [-0.05, 0) is 53.6 Å². The minimum atomic E-state index is -0.964.